The highest BCUT2D eigenvalue weighted by Gasteiger charge is 2.35. The molecule has 11 heteroatoms. The molecule has 30 heavy (non-hydrogen) atoms. The van der Waals surface area contributed by atoms with Gasteiger partial charge in [0.1, 0.15) is 11.8 Å². The van der Waals surface area contributed by atoms with E-state index in [0.717, 1.165) is 29.7 Å². The number of ether oxygens (including phenoxy) is 1. The number of anilines is 2. The van der Waals surface area contributed by atoms with Gasteiger partial charge in [-0.2, -0.15) is 9.66 Å². The van der Waals surface area contributed by atoms with E-state index in [1.807, 2.05) is 23.6 Å². The standard InChI is InChI=1S/C19H21N9O2/c1-11-5-16-24-21-10-26(16)9-14(11)22-18-20-6-15-17(23-18)28(19(29)25(15)2)27-7-12-3-4-13(8-27)30-12/h5-6,9-10,12-13H,3-4,7-8H2,1-2H3,(H,20,22,23). The molecule has 0 aliphatic carbocycles. The highest BCUT2D eigenvalue weighted by atomic mass is 16.5. The summed E-state index contributed by atoms with van der Waals surface area (Å²) in [5, 5.41) is 13.3. The monoisotopic (exact) mass is 407 g/mol. The van der Waals surface area contributed by atoms with Crippen LogP contribution in [-0.4, -0.2) is 59.1 Å². The first-order valence-electron chi connectivity index (χ1n) is 9.99. The highest BCUT2D eigenvalue weighted by molar-refractivity contribution is 5.73. The molecule has 154 valence electrons. The Morgan fingerprint density at radius 2 is 2.03 bits per heavy atom. The molecule has 2 aliphatic rings. The Balaban J connectivity index is 1.42. The number of aromatic nitrogens is 7. The lowest BCUT2D eigenvalue weighted by Gasteiger charge is -2.33. The Labute approximate surface area is 170 Å². The summed E-state index contributed by atoms with van der Waals surface area (Å²) < 4.78 is 11.0. The molecule has 2 atom stereocenters. The van der Waals surface area contributed by atoms with Crippen molar-refractivity contribution in [2.75, 3.05) is 23.4 Å². The van der Waals surface area contributed by atoms with Crippen LogP contribution in [0.15, 0.2) is 29.6 Å². The third-order valence-electron chi connectivity index (χ3n) is 5.97. The van der Waals surface area contributed by atoms with E-state index in [-0.39, 0.29) is 17.9 Å². The molecular weight excluding hydrogens is 386 g/mol. The summed E-state index contributed by atoms with van der Waals surface area (Å²) in [5.74, 6) is 0.425. The average Bonchev–Trinajstić information content (AvgIpc) is 3.39. The van der Waals surface area contributed by atoms with Gasteiger partial charge in [-0.05, 0) is 31.4 Å². The molecule has 0 aromatic carbocycles. The minimum Gasteiger partial charge on any atom is -0.371 e. The van der Waals surface area contributed by atoms with Crippen LogP contribution in [0.1, 0.15) is 18.4 Å². The smallest absolute Gasteiger partial charge is 0.349 e. The molecule has 2 bridgehead atoms. The molecule has 4 aromatic rings. The second-order valence-electron chi connectivity index (χ2n) is 7.98. The van der Waals surface area contributed by atoms with Crippen LogP contribution >= 0.6 is 0 Å². The third-order valence-corrected chi connectivity index (χ3v) is 5.97. The molecule has 6 heterocycles. The van der Waals surface area contributed by atoms with Crippen LogP contribution in [-0.2, 0) is 11.8 Å². The van der Waals surface area contributed by atoms with Crippen molar-refractivity contribution in [2.24, 2.45) is 7.05 Å². The van der Waals surface area contributed by atoms with E-state index < -0.39 is 0 Å². The van der Waals surface area contributed by atoms with Gasteiger partial charge in [-0.25, -0.2) is 9.78 Å². The molecule has 0 saturated carbocycles. The van der Waals surface area contributed by atoms with E-state index in [9.17, 15) is 4.79 Å². The van der Waals surface area contributed by atoms with Gasteiger partial charge >= 0.3 is 5.69 Å². The van der Waals surface area contributed by atoms with Gasteiger partial charge in [0.15, 0.2) is 11.3 Å². The second-order valence-corrected chi connectivity index (χ2v) is 7.98. The average molecular weight is 407 g/mol. The summed E-state index contributed by atoms with van der Waals surface area (Å²) in [6.45, 7) is 3.36. The second kappa shape index (κ2) is 6.26. The van der Waals surface area contributed by atoms with E-state index in [1.165, 1.54) is 0 Å². The van der Waals surface area contributed by atoms with Crippen molar-refractivity contribution in [2.45, 2.75) is 32.0 Å². The number of nitrogens with one attached hydrogen (secondary N) is 1. The summed E-state index contributed by atoms with van der Waals surface area (Å²) >= 11 is 0. The zero-order valence-electron chi connectivity index (χ0n) is 16.7. The van der Waals surface area contributed by atoms with Gasteiger partial charge in [0, 0.05) is 13.2 Å². The fraction of sp³-hybridized carbons (Fsp3) is 0.421. The van der Waals surface area contributed by atoms with Crippen molar-refractivity contribution < 1.29 is 4.74 Å². The SMILES string of the molecule is Cc1cc2nncn2cc1Nc1ncc2c(n1)n(N1CC3CCC(C1)O3)c(=O)n2C. The van der Waals surface area contributed by atoms with E-state index in [2.05, 4.69) is 25.5 Å². The Hall–Kier alpha value is -3.47. The molecule has 0 radical (unpaired) electrons. The molecular formula is C19H21N9O2. The topological polar surface area (TPSA) is 107 Å². The predicted octanol–water partition coefficient (Wildman–Crippen LogP) is 0.724. The van der Waals surface area contributed by atoms with Crippen molar-refractivity contribution in [3.05, 3.63) is 40.8 Å². The van der Waals surface area contributed by atoms with Gasteiger partial charge in [-0.15, -0.1) is 10.2 Å². The third kappa shape index (κ3) is 2.58. The summed E-state index contributed by atoms with van der Waals surface area (Å²) in [6, 6.07) is 1.94. The molecule has 2 unspecified atom stereocenters. The van der Waals surface area contributed by atoms with Crippen LogP contribution in [0, 0.1) is 6.92 Å². The maximum absolute atomic E-state index is 13.0. The number of fused-ring (bicyclic) bond motifs is 4. The lowest BCUT2D eigenvalue weighted by Crippen LogP contribution is -2.52. The first kappa shape index (κ1) is 17.4. The van der Waals surface area contributed by atoms with Gasteiger partial charge in [-0.1, -0.05) is 0 Å². The summed E-state index contributed by atoms with van der Waals surface area (Å²) in [5.41, 5.74) is 3.76. The van der Waals surface area contributed by atoms with E-state index >= 15 is 0 Å². The summed E-state index contributed by atoms with van der Waals surface area (Å²) in [6.07, 6.45) is 7.64. The van der Waals surface area contributed by atoms with Crippen molar-refractivity contribution >= 4 is 28.4 Å². The largest absolute Gasteiger partial charge is 0.371 e. The number of imidazole rings is 1. The maximum Gasteiger partial charge on any atom is 0.349 e. The first-order valence-corrected chi connectivity index (χ1v) is 9.99. The maximum atomic E-state index is 13.0. The molecule has 4 aromatic heterocycles. The minimum atomic E-state index is -0.125. The lowest BCUT2D eigenvalue weighted by atomic mass is 10.2. The lowest BCUT2D eigenvalue weighted by molar-refractivity contribution is 0.0214. The molecule has 2 saturated heterocycles. The van der Waals surface area contributed by atoms with Crippen LogP contribution < -0.4 is 16.0 Å². The van der Waals surface area contributed by atoms with E-state index in [4.69, 9.17) is 9.72 Å². The predicted molar refractivity (Wildman–Crippen MR) is 110 cm³/mol. The first-order chi connectivity index (χ1) is 14.6. The van der Waals surface area contributed by atoms with Crippen LogP contribution in [0.2, 0.25) is 0 Å². The Morgan fingerprint density at radius 1 is 1.23 bits per heavy atom. The quantitative estimate of drug-likeness (QED) is 0.530. The van der Waals surface area contributed by atoms with Gasteiger partial charge in [0.2, 0.25) is 5.95 Å². The van der Waals surface area contributed by atoms with Crippen molar-refractivity contribution in [1.82, 2.24) is 33.8 Å². The van der Waals surface area contributed by atoms with Crippen molar-refractivity contribution in [1.29, 1.82) is 0 Å². The molecule has 6 rings (SSSR count). The fourth-order valence-electron chi connectivity index (χ4n) is 4.38. The van der Waals surface area contributed by atoms with Crippen molar-refractivity contribution in [3.63, 3.8) is 0 Å². The molecule has 0 spiro atoms. The van der Waals surface area contributed by atoms with Gasteiger partial charge in [-0.3, -0.25) is 8.97 Å². The van der Waals surface area contributed by atoms with Gasteiger partial charge in [0.05, 0.1) is 37.2 Å². The summed E-state index contributed by atoms with van der Waals surface area (Å²) in [7, 11) is 1.75. The number of morpholine rings is 1. The van der Waals surface area contributed by atoms with Crippen LogP contribution in [0.25, 0.3) is 16.8 Å². The fourth-order valence-corrected chi connectivity index (χ4v) is 4.38. The zero-order valence-corrected chi connectivity index (χ0v) is 16.7. The van der Waals surface area contributed by atoms with E-state index in [0.29, 0.717) is 30.2 Å². The minimum absolute atomic E-state index is 0.125. The Kier molecular flexibility index (Phi) is 3.63. The number of nitrogens with zero attached hydrogens (tertiary/aromatic N) is 8. The van der Waals surface area contributed by atoms with E-state index in [1.54, 1.807) is 28.8 Å². The highest BCUT2D eigenvalue weighted by Crippen LogP contribution is 2.26. The summed E-state index contributed by atoms with van der Waals surface area (Å²) in [4.78, 5) is 22.1. The molecule has 0 amide bonds. The van der Waals surface area contributed by atoms with Crippen LogP contribution in [0.3, 0.4) is 0 Å². The molecule has 2 aliphatic heterocycles. The Morgan fingerprint density at radius 3 is 2.83 bits per heavy atom. The van der Waals surface area contributed by atoms with Gasteiger partial charge < -0.3 is 15.1 Å². The number of hydrogen-bond donors (Lipinski definition) is 1. The number of rotatable bonds is 3. The molecule has 1 N–H and O–H groups in total. The molecule has 2 fully saturated rings. The normalized spacial score (nSPS) is 21.1. The van der Waals surface area contributed by atoms with Crippen molar-refractivity contribution in [3.8, 4) is 0 Å². The zero-order chi connectivity index (χ0) is 20.4. The molecule has 11 nitrogen and oxygen atoms in total. The van der Waals surface area contributed by atoms with Gasteiger partial charge in [0.25, 0.3) is 0 Å². The number of pyridine rings is 1. The number of hydrogen-bond acceptors (Lipinski definition) is 8. The van der Waals surface area contributed by atoms with Crippen LogP contribution in [0.5, 0.6) is 0 Å². The number of aryl methyl sites for hydroxylation is 2. The Bertz CT molecular complexity index is 1330. The van der Waals surface area contributed by atoms with Crippen LogP contribution in [0.4, 0.5) is 11.6 Å².